The molecule has 1 amide bonds. The van der Waals surface area contributed by atoms with Crippen LogP contribution in [-0.2, 0) is 11.2 Å². The van der Waals surface area contributed by atoms with Crippen molar-refractivity contribution in [3.63, 3.8) is 0 Å². The molecule has 19 heavy (non-hydrogen) atoms. The monoisotopic (exact) mass is 264 g/mol. The van der Waals surface area contributed by atoms with Gasteiger partial charge in [-0.2, -0.15) is 0 Å². The van der Waals surface area contributed by atoms with Crippen molar-refractivity contribution in [1.29, 1.82) is 0 Å². The highest BCUT2D eigenvalue weighted by atomic mass is 16.5. The summed E-state index contributed by atoms with van der Waals surface area (Å²) in [5.74, 6) is 6.29. The fraction of sp³-hybridized carbons (Fsp3) is 0.533. The van der Waals surface area contributed by atoms with E-state index in [1.807, 2.05) is 0 Å². The number of ether oxygens (including phenoxy) is 1. The molecule has 0 aliphatic carbocycles. The van der Waals surface area contributed by atoms with E-state index in [0.717, 1.165) is 30.0 Å². The summed E-state index contributed by atoms with van der Waals surface area (Å²) < 4.78 is 5.40. The molecule has 0 atom stereocenters. The zero-order chi connectivity index (χ0) is 14.4. The number of hydrazine groups is 1. The highest BCUT2D eigenvalue weighted by Gasteiger charge is 2.07. The fourth-order valence-electron chi connectivity index (χ4n) is 2.00. The molecule has 0 unspecified atom stereocenters. The summed E-state index contributed by atoms with van der Waals surface area (Å²) >= 11 is 0. The maximum absolute atomic E-state index is 11.4. The average Bonchev–Trinajstić information content (AvgIpc) is 2.37. The van der Waals surface area contributed by atoms with Crippen molar-refractivity contribution >= 4 is 5.91 Å². The van der Waals surface area contributed by atoms with E-state index >= 15 is 0 Å². The van der Waals surface area contributed by atoms with Gasteiger partial charge in [-0.1, -0.05) is 6.07 Å². The van der Waals surface area contributed by atoms with Crippen LogP contribution in [0, 0.1) is 13.8 Å². The lowest BCUT2D eigenvalue weighted by Crippen LogP contribution is -2.32. The van der Waals surface area contributed by atoms with Crippen LogP contribution in [0.1, 0.15) is 36.0 Å². The highest BCUT2D eigenvalue weighted by Crippen LogP contribution is 2.24. The topological polar surface area (TPSA) is 55.6 Å². The molecule has 0 bridgehead atoms. The van der Waals surface area contributed by atoms with Crippen LogP contribution in [-0.4, -0.2) is 25.1 Å². The number of carbonyl (C=O) groups excluding carboxylic acids is 1. The van der Waals surface area contributed by atoms with Crippen LogP contribution in [0.5, 0.6) is 5.75 Å². The largest absolute Gasteiger partial charge is 0.496 e. The Balaban J connectivity index is 2.53. The number of benzene rings is 1. The number of hydrogen-bond donors (Lipinski definition) is 1. The molecule has 2 N–H and O–H groups in total. The van der Waals surface area contributed by atoms with E-state index in [1.54, 1.807) is 14.2 Å². The Morgan fingerprint density at radius 3 is 2.47 bits per heavy atom. The second kappa shape index (κ2) is 7.14. The molecular weight excluding hydrogens is 240 g/mol. The number of nitrogens with two attached hydrogens (primary N) is 1. The predicted molar refractivity (Wildman–Crippen MR) is 77.0 cm³/mol. The lowest BCUT2D eigenvalue weighted by Gasteiger charge is -2.12. The molecule has 1 rings (SSSR count). The maximum Gasteiger partial charge on any atom is 0.236 e. The fourth-order valence-corrected chi connectivity index (χ4v) is 2.00. The number of carbonyl (C=O) groups is 1. The Kier molecular flexibility index (Phi) is 5.83. The van der Waals surface area contributed by atoms with Gasteiger partial charge in [0.15, 0.2) is 0 Å². The Morgan fingerprint density at radius 1 is 1.26 bits per heavy atom. The van der Waals surface area contributed by atoms with Crippen LogP contribution in [0.2, 0.25) is 0 Å². The molecule has 0 fully saturated rings. The molecule has 0 aliphatic heterocycles. The van der Waals surface area contributed by atoms with E-state index < -0.39 is 0 Å². The van der Waals surface area contributed by atoms with Crippen molar-refractivity contribution in [2.24, 2.45) is 5.84 Å². The molecule has 0 aliphatic rings. The third-order valence-corrected chi connectivity index (χ3v) is 3.38. The molecule has 1 aromatic carbocycles. The molecule has 0 heterocycles. The SMILES string of the molecule is COc1cc(C)c(C)cc1CCCCC(=O)N(C)N. The molecule has 0 spiro atoms. The van der Waals surface area contributed by atoms with Crippen molar-refractivity contribution < 1.29 is 9.53 Å². The maximum atomic E-state index is 11.4. The Bertz CT molecular complexity index is 442. The first kappa shape index (κ1) is 15.5. The van der Waals surface area contributed by atoms with Crippen molar-refractivity contribution in [2.45, 2.75) is 39.5 Å². The van der Waals surface area contributed by atoms with Crippen LogP contribution in [0.25, 0.3) is 0 Å². The van der Waals surface area contributed by atoms with Crippen LogP contribution in [0.15, 0.2) is 12.1 Å². The summed E-state index contributed by atoms with van der Waals surface area (Å²) in [6.07, 6.45) is 3.22. The van der Waals surface area contributed by atoms with E-state index in [-0.39, 0.29) is 5.91 Å². The molecule has 106 valence electrons. The summed E-state index contributed by atoms with van der Waals surface area (Å²) in [5, 5.41) is 1.15. The Morgan fingerprint density at radius 2 is 1.89 bits per heavy atom. The third kappa shape index (κ3) is 4.56. The first-order valence-corrected chi connectivity index (χ1v) is 6.61. The summed E-state index contributed by atoms with van der Waals surface area (Å²) in [4.78, 5) is 11.4. The average molecular weight is 264 g/mol. The van der Waals surface area contributed by atoms with Crippen LogP contribution < -0.4 is 10.6 Å². The van der Waals surface area contributed by atoms with Gasteiger partial charge in [0.05, 0.1) is 7.11 Å². The van der Waals surface area contributed by atoms with E-state index in [2.05, 4.69) is 26.0 Å². The lowest BCUT2D eigenvalue weighted by molar-refractivity contribution is -0.130. The summed E-state index contributed by atoms with van der Waals surface area (Å²) in [6.45, 7) is 4.18. The minimum Gasteiger partial charge on any atom is -0.496 e. The van der Waals surface area contributed by atoms with Gasteiger partial charge < -0.3 is 4.74 Å². The quantitative estimate of drug-likeness (QED) is 0.371. The van der Waals surface area contributed by atoms with Crippen LogP contribution in [0.4, 0.5) is 0 Å². The van der Waals surface area contributed by atoms with Gasteiger partial charge in [-0.05, 0) is 55.9 Å². The second-order valence-electron chi connectivity index (χ2n) is 4.96. The van der Waals surface area contributed by atoms with Crippen LogP contribution >= 0.6 is 0 Å². The number of methoxy groups -OCH3 is 1. The van der Waals surface area contributed by atoms with Crippen LogP contribution in [0.3, 0.4) is 0 Å². The number of aryl methyl sites for hydroxylation is 3. The molecule has 0 aromatic heterocycles. The van der Waals surface area contributed by atoms with Crippen molar-refractivity contribution in [1.82, 2.24) is 5.01 Å². The summed E-state index contributed by atoms with van der Waals surface area (Å²) in [5.41, 5.74) is 3.72. The number of amides is 1. The first-order chi connectivity index (χ1) is 8.95. The predicted octanol–water partition coefficient (Wildman–Crippen LogP) is 2.36. The number of hydrogen-bond acceptors (Lipinski definition) is 3. The van der Waals surface area contributed by atoms with Crippen molar-refractivity contribution in [3.05, 3.63) is 28.8 Å². The summed E-state index contributed by atoms with van der Waals surface area (Å²) in [7, 11) is 3.27. The molecular formula is C15H24N2O2. The van der Waals surface area contributed by atoms with Gasteiger partial charge in [0, 0.05) is 13.5 Å². The van der Waals surface area contributed by atoms with Crippen molar-refractivity contribution in [2.75, 3.05) is 14.2 Å². The molecule has 0 saturated heterocycles. The smallest absolute Gasteiger partial charge is 0.236 e. The van der Waals surface area contributed by atoms with Gasteiger partial charge in [0.25, 0.3) is 0 Å². The zero-order valence-corrected chi connectivity index (χ0v) is 12.3. The van der Waals surface area contributed by atoms with Gasteiger partial charge >= 0.3 is 0 Å². The highest BCUT2D eigenvalue weighted by molar-refractivity contribution is 5.75. The van der Waals surface area contributed by atoms with Gasteiger partial charge in [-0.15, -0.1) is 0 Å². The van der Waals surface area contributed by atoms with E-state index in [4.69, 9.17) is 10.6 Å². The van der Waals surface area contributed by atoms with E-state index in [0.29, 0.717) is 6.42 Å². The molecule has 0 saturated carbocycles. The zero-order valence-electron chi connectivity index (χ0n) is 12.3. The normalized spacial score (nSPS) is 10.4. The molecule has 0 radical (unpaired) electrons. The Labute approximate surface area is 115 Å². The van der Waals surface area contributed by atoms with Gasteiger partial charge in [0.2, 0.25) is 5.91 Å². The Hall–Kier alpha value is -1.55. The minimum absolute atomic E-state index is 0.0212. The van der Waals surface area contributed by atoms with E-state index in [9.17, 15) is 4.79 Å². The standard InChI is InChI=1S/C15H24N2O2/c1-11-9-13(14(19-4)10-12(11)2)7-5-6-8-15(18)17(3)16/h9-10H,5-8,16H2,1-4H3. The number of nitrogens with zero attached hydrogens (tertiary/aromatic N) is 1. The minimum atomic E-state index is -0.0212. The lowest BCUT2D eigenvalue weighted by atomic mass is 10.0. The molecule has 1 aromatic rings. The first-order valence-electron chi connectivity index (χ1n) is 6.61. The summed E-state index contributed by atoms with van der Waals surface area (Å²) in [6, 6.07) is 4.24. The molecule has 4 nitrogen and oxygen atoms in total. The molecule has 4 heteroatoms. The number of rotatable bonds is 6. The van der Waals surface area contributed by atoms with Gasteiger partial charge in [0.1, 0.15) is 5.75 Å². The third-order valence-electron chi connectivity index (χ3n) is 3.38. The second-order valence-corrected chi connectivity index (χ2v) is 4.96. The van der Waals surface area contributed by atoms with E-state index in [1.165, 1.54) is 16.7 Å². The van der Waals surface area contributed by atoms with Crippen molar-refractivity contribution in [3.8, 4) is 5.75 Å². The number of unbranched alkanes of at least 4 members (excludes halogenated alkanes) is 1. The van der Waals surface area contributed by atoms with Gasteiger partial charge in [-0.25, -0.2) is 5.84 Å². The van der Waals surface area contributed by atoms with Gasteiger partial charge in [-0.3, -0.25) is 9.80 Å².